The summed E-state index contributed by atoms with van der Waals surface area (Å²) in [5.41, 5.74) is 6.49. The summed E-state index contributed by atoms with van der Waals surface area (Å²) in [6.45, 7) is 8.60. The number of aryl methyl sites for hydroxylation is 4. The van der Waals surface area contributed by atoms with Crippen molar-refractivity contribution in [1.29, 1.82) is 0 Å². The molecular formula is C33H38F2N4O4. The van der Waals surface area contributed by atoms with Crippen molar-refractivity contribution in [3.8, 4) is 22.8 Å². The van der Waals surface area contributed by atoms with E-state index in [1.54, 1.807) is 11.7 Å². The molecule has 228 valence electrons. The standard InChI is InChI=1S/C33H38F2N4O4/c1-20-12-21(2)31(22(3)13-20)39(11-10-37-8-5-6-30(37)40)29-16-26-25-15-27(42-4)28(43-19-23-17-33(34,35)18-23)14-24(25)7-9-38(26)32(41)36-29/h12-16,23H,5-11,17-19H2,1-4H3. The number of ether oxygens (including phenoxy) is 2. The van der Waals surface area contributed by atoms with Gasteiger partial charge in [-0.25, -0.2) is 13.6 Å². The molecule has 3 heterocycles. The first-order valence-corrected chi connectivity index (χ1v) is 15.0. The highest BCUT2D eigenvalue weighted by molar-refractivity contribution is 5.78. The first-order chi connectivity index (χ1) is 20.5. The van der Waals surface area contributed by atoms with Crippen LogP contribution in [0.4, 0.5) is 20.3 Å². The maximum absolute atomic E-state index is 13.5. The highest BCUT2D eigenvalue weighted by atomic mass is 19.3. The number of anilines is 2. The van der Waals surface area contributed by atoms with Crippen LogP contribution in [0.1, 0.15) is 47.9 Å². The maximum atomic E-state index is 13.5. The molecule has 0 bridgehead atoms. The van der Waals surface area contributed by atoms with E-state index in [1.807, 2.05) is 23.1 Å². The van der Waals surface area contributed by atoms with Crippen molar-refractivity contribution >= 4 is 17.4 Å². The number of halogens is 2. The molecule has 2 fully saturated rings. The predicted molar refractivity (Wildman–Crippen MR) is 161 cm³/mol. The smallest absolute Gasteiger partial charge is 0.350 e. The fraction of sp³-hybridized carbons (Fsp3) is 0.485. The average Bonchev–Trinajstić information content (AvgIpc) is 3.35. The number of amides is 1. The Morgan fingerprint density at radius 2 is 1.74 bits per heavy atom. The molecule has 3 aromatic rings. The molecule has 1 amide bonds. The van der Waals surface area contributed by atoms with E-state index < -0.39 is 5.92 Å². The number of alkyl halides is 2. The van der Waals surface area contributed by atoms with Gasteiger partial charge in [0.1, 0.15) is 5.82 Å². The van der Waals surface area contributed by atoms with Crippen LogP contribution in [0.5, 0.6) is 11.5 Å². The van der Waals surface area contributed by atoms with Crippen molar-refractivity contribution < 1.29 is 23.0 Å². The Morgan fingerprint density at radius 3 is 2.40 bits per heavy atom. The summed E-state index contributed by atoms with van der Waals surface area (Å²) in [5.74, 6) is -1.09. The molecule has 10 heteroatoms. The minimum atomic E-state index is -2.59. The number of methoxy groups -OCH3 is 1. The third kappa shape index (κ3) is 5.71. The predicted octanol–water partition coefficient (Wildman–Crippen LogP) is 5.58. The molecule has 2 aliphatic heterocycles. The second-order valence-electron chi connectivity index (χ2n) is 12.2. The zero-order valence-corrected chi connectivity index (χ0v) is 25.2. The Bertz CT molecular complexity index is 1600. The summed E-state index contributed by atoms with van der Waals surface area (Å²) < 4.78 is 40.0. The molecule has 1 aromatic heterocycles. The van der Waals surface area contributed by atoms with Crippen molar-refractivity contribution in [2.75, 3.05) is 38.3 Å². The third-order valence-electron chi connectivity index (χ3n) is 8.86. The number of aromatic nitrogens is 2. The minimum absolute atomic E-state index is 0.154. The Balaban J connectivity index is 1.37. The zero-order valence-electron chi connectivity index (χ0n) is 25.2. The van der Waals surface area contributed by atoms with E-state index in [1.165, 1.54) is 0 Å². The van der Waals surface area contributed by atoms with Gasteiger partial charge in [0.2, 0.25) is 11.8 Å². The largest absolute Gasteiger partial charge is 0.493 e. The van der Waals surface area contributed by atoms with Gasteiger partial charge in [-0.3, -0.25) is 9.36 Å². The van der Waals surface area contributed by atoms with Gasteiger partial charge in [0.15, 0.2) is 11.5 Å². The monoisotopic (exact) mass is 592 g/mol. The van der Waals surface area contributed by atoms with Gasteiger partial charge in [-0.1, -0.05) is 17.7 Å². The molecule has 0 atom stereocenters. The number of carbonyl (C=O) groups excluding carboxylic acids is 1. The van der Waals surface area contributed by atoms with Gasteiger partial charge in [0.05, 0.1) is 19.4 Å². The van der Waals surface area contributed by atoms with E-state index in [2.05, 4.69) is 42.8 Å². The molecule has 43 heavy (non-hydrogen) atoms. The zero-order chi connectivity index (χ0) is 30.5. The quantitative estimate of drug-likeness (QED) is 0.323. The summed E-state index contributed by atoms with van der Waals surface area (Å²) in [7, 11) is 1.55. The normalized spacial score (nSPS) is 17.3. The second-order valence-corrected chi connectivity index (χ2v) is 12.2. The highest BCUT2D eigenvalue weighted by Crippen LogP contribution is 2.44. The lowest BCUT2D eigenvalue weighted by atomic mass is 9.82. The van der Waals surface area contributed by atoms with Crippen LogP contribution in [0, 0.1) is 26.7 Å². The second kappa shape index (κ2) is 11.3. The van der Waals surface area contributed by atoms with E-state index >= 15 is 0 Å². The van der Waals surface area contributed by atoms with Gasteiger partial charge in [0, 0.05) is 68.7 Å². The van der Waals surface area contributed by atoms with Gasteiger partial charge in [-0.15, -0.1) is 0 Å². The summed E-state index contributed by atoms with van der Waals surface area (Å²) in [5, 5.41) is 0. The number of likely N-dealkylation sites (tertiary alicyclic amines) is 1. The molecule has 0 N–H and O–H groups in total. The number of fused-ring (bicyclic) bond motifs is 3. The summed E-state index contributed by atoms with van der Waals surface area (Å²) >= 11 is 0. The van der Waals surface area contributed by atoms with Gasteiger partial charge in [-0.2, -0.15) is 4.98 Å². The van der Waals surface area contributed by atoms with Crippen LogP contribution < -0.4 is 20.1 Å². The summed E-state index contributed by atoms with van der Waals surface area (Å²) in [4.78, 5) is 34.4. The van der Waals surface area contributed by atoms with Crippen LogP contribution in [-0.4, -0.2) is 59.6 Å². The van der Waals surface area contributed by atoms with Gasteiger partial charge >= 0.3 is 5.69 Å². The first kappa shape index (κ1) is 29.1. The van der Waals surface area contributed by atoms with Crippen LogP contribution >= 0.6 is 0 Å². The number of rotatable bonds is 9. The highest BCUT2D eigenvalue weighted by Gasteiger charge is 2.45. The average molecular weight is 593 g/mol. The number of benzene rings is 2. The Labute approximate surface area is 250 Å². The molecule has 8 nitrogen and oxygen atoms in total. The van der Waals surface area contributed by atoms with Crippen molar-refractivity contribution in [2.24, 2.45) is 5.92 Å². The Morgan fingerprint density at radius 1 is 1.00 bits per heavy atom. The minimum Gasteiger partial charge on any atom is -0.493 e. The molecule has 0 spiro atoms. The van der Waals surface area contributed by atoms with E-state index in [9.17, 15) is 18.4 Å². The van der Waals surface area contributed by atoms with E-state index in [4.69, 9.17) is 9.47 Å². The van der Waals surface area contributed by atoms with Crippen molar-refractivity contribution in [2.45, 2.75) is 65.3 Å². The number of nitrogens with zero attached hydrogens (tertiary/aromatic N) is 4. The van der Waals surface area contributed by atoms with E-state index in [0.717, 1.165) is 52.2 Å². The number of hydrogen-bond acceptors (Lipinski definition) is 6. The first-order valence-electron chi connectivity index (χ1n) is 15.0. The molecule has 1 aliphatic carbocycles. The topological polar surface area (TPSA) is 76.9 Å². The van der Waals surface area contributed by atoms with E-state index in [-0.39, 0.29) is 37.0 Å². The fourth-order valence-corrected chi connectivity index (χ4v) is 6.83. The molecule has 2 aromatic carbocycles. The van der Waals surface area contributed by atoms with Gasteiger partial charge < -0.3 is 19.3 Å². The number of carbonyl (C=O) groups is 1. The molecule has 6 rings (SSSR count). The lowest BCUT2D eigenvalue weighted by molar-refractivity contribution is -0.127. The van der Waals surface area contributed by atoms with Crippen LogP contribution in [0.15, 0.2) is 35.1 Å². The van der Waals surface area contributed by atoms with Crippen molar-refractivity contribution in [3.63, 3.8) is 0 Å². The van der Waals surface area contributed by atoms with Gasteiger partial charge in [0.25, 0.3) is 0 Å². The molecule has 1 saturated carbocycles. The SMILES string of the molecule is COc1cc2c(cc1OCC1CC(F)(F)C1)CCn1c-2cc(N(CCN2CCCC2=O)c2c(C)cc(C)cc2C)nc1=O. The summed E-state index contributed by atoms with van der Waals surface area (Å²) in [6.07, 6.45) is 1.71. The van der Waals surface area contributed by atoms with Crippen LogP contribution in [-0.2, 0) is 17.8 Å². The molecule has 0 unspecified atom stereocenters. The van der Waals surface area contributed by atoms with Crippen molar-refractivity contribution in [3.05, 3.63) is 63.1 Å². The molecule has 0 radical (unpaired) electrons. The van der Waals surface area contributed by atoms with E-state index in [0.29, 0.717) is 49.8 Å². The Kier molecular flexibility index (Phi) is 7.64. The third-order valence-corrected chi connectivity index (χ3v) is 8.86. The maximum Gasteiger partial charge on any atom is 0.350 e. The lowest BCUT2D eigenvalue weighted by Crippen LogP contribution is -2.38. The Hall–Kier alpha value is -3.95. The van der Waals surface area contributed by atoms with Crippen LogP contribution in [0.2, 0.25) is 0 Å². The lowest BCUT2D eigenvalue weighted by Gasteiger charge is -2.34. The van der Waals surface area contributed by atoms with Crippen molar-refractivity contribution in [1.82, 2.24) is 14.5 Å². The molecule has 3 aliphatic rings. The fourth-order valence-electron chi connectivity index (χ4n) is 6.83. The molecule has 1 saturated heterocycles. The number of hydrogen-bond donors (Lipinski definition) is 0. The van der Waals surface area contributed by atoms with Crippen LogP contribution in [0.25, 0.3) is 11.3 Å². The van der Waals surface area contributed by atoms with Gasteiger partial charge in [-0.05, 0) is 62.4 Å². The summed E-state index contributed by atoms with van der Waals surface area (Å²) in [6, 6.07) is 9.95. The molecular weight excluding hydrogens is 554 g/mol. The van der Waals surface area contributed by atoms with Crippen LogP contribution in [0.3, 0.4) is 0 Å².